The maximum Gasteiger partial charge on any atom is 0.161 e. The lowest BCUT2D eigenvalue weighted by Crippen LogP contribution is -2.25. The first kappa shape index (κ1) is 13.2. The minimum absolute atomic E-state index is 0.407. The largest absolute Gasteiger partial charge is 0.496 e. The molecule has 2 rings (SSSR count). The molecule has 5 heteroatoms. The fourth-order valence-corrected chi connectivity index (χ4v) is 1.77. The van der Waals surface area contributed by atoms with E-state index >= 15 is 0 Å². The van der Waals surface area contributed by atoms with Gasteiger partial charge in [-0.15, -0.1) is 0 Å². The van der Waals surface area contributed by atoms with Gasteiger partial charge in [0.15, 0.2) is 5.82 Å². The van der Waals surface area contributed by atoms with Gasteiger partial charge in [0, 0.05) is 18.7 Å². The average Bonchev–Trinajstić information content (AvgIpc) is 2.81. The molecule has 0 atom stereocenters. The van der Waals surface area contributed by atoms with Crippen LogP contribution in [0, 0.1) is 5.82 Å². The standard InChI is InChI=1S/C14H15FN2O2/c1-17(16)13-4-3-5-14(18-2)12(13)7-6-11-8-10(15)9-19-11/h3-9H,16H2,1-2H3/b7-6+. The summed E-state index contributed by atoms with van der Waals surface area (Å²) in [5.74, 6) is 6.47. The molecule has 100 valence electrons. The van der Waals surface area contributed by atoms with Gasteiger partial charge in [0.05, 0.1) is 12.8 Å². The number of rotatable bonds is 4. The molecule has 0 amide bonds. The summed E-state index contributed by atoms with van der Waals surface area (Å²) in [7, 11) is 3.32. The monoisotopic (exact) mass is 262 g/mol. The first-order chi connectivity index (χ1) is 9.11. The van der Waals surface area contributed by atoms with Gasteiger partial charge >= 0.3 is 0 Å². The van der Waals surface area contributed by atoms with Gasteiger partial charge in [-0.2, -0.15) is 0 Å². The maximum absolute atomic E-state index is 12.8. The van der Waals surface area contributed by atoms with Gasteiger partial charge in [-0.3, -0.25) is 0 Å². The lowest BCUT2D eigenvalue weighted by Gasteiger charge is -2.17. The van der Waals surface area contributed by atoms with E-state index in [-0.39, 0.29) is 0 Å². The molecule has 19 heavy (non-hydrogen) atoms. The summed E-state index contributed by atoms with van der Waals surface area (Å²) in [5.41, 5.74) is 1.59. The fraction of sp³-hybridized carbons (Fsp3) is 0.143. The molecular formula is C14H15FN2O2. The highest BCUT2D eigenvalue weighted by molar-refractivity contribution is 5.79. The van der Waals surface area contributed by atoms with Crippen LogP contribution in [0.1, 0.15) is 11.3 Å². The maximum atomic E-state index is 12.8. The van der Waals surface area contributed by atoms with Crippen LogP contribution in [0.25, 0.3) is 12.2 Å². The van der Waals surface area contributed by atoms with E-state index in [1.807, 2.05) is 18.2 Å². The van der Waals surface area contributed by atoms with Crippen LogP contribution in [0.2, 0.25) is 0 Å². The summed E-state index contributed by atoms with van der Waals surface area (Å²) in [6.45, 7) is 0. The van der Waals surface area contributed by atoms with Crippen molar-refractivity contribution in [3.05, 3.63) is 47.7 Å². The predicted octanol–water partition coefficient (Wildman–Crippen LogP) is 2.91. The smallest absolute Gasteiger partial charge is 0.161 e. The molecule has 0 aliphatic carbocycles. The molecule has 0 unspecified atom stereocenters. The Labute approximate surface area is 110 Å². The lowest BCUT2D eigenvalue weighted by atomic mass is 10.1. The van der Waals surface area contributed by atoms with Gasteiger partial charge in [-0.1, -0.05) is 6.07 Å². The van der Waals surface area contributed by atoms with E-state index in [4.69, 9.17) is 15.0 Å². The number of hydrogen-bond donors (Lipinski definition) is 1. The molecule has 2 N–H and O–H groups in total. The second-order valence-corrected chi connectivity index (χ2v) is 4.00. The Kier molecular flexibility index (Phi) is 3.87. The molecule has 1 aromatic heterocycles. The molecule has 0 saturated carbocycles. The van der Waals surface area contributed by atoms with E-state index in [1.54, 1.807) is 26.3 Å². The summed E-state index contributed by atoms with van der Waals surface area (Å²) < 4.78 is 23.1. The molecule has 1 heterocycles. The summed E-state index contributed by atoms with van der Waals surface area (Å²) in [6, 6.07) is 6.85. The van der Waals surface area contributed by atoms with Gasteiger partial charge in [-0.25, -0.2) is 10.2 Å². The minimum atomic E-state index is -0.407. The van der Waals surface area contributed by atoms with Gasteiger partial charge in [0.2, 0.25) is 0 Å². The topological polar surface area (TPSA) is 51.6 Å². The molecule has 0 aliphatic heterocycles. The van der Waals surface area contributed by atoms with E-state index < -0.39 is 5.82 Å². The van der Waals surface area contributed by atoms with Crippen molar-refractivity contribution in [2.24, 2.45) is 5.84 Å². The molecule has 0 saturated heterocycles. The first-order valence-corrected chi connectivity index (χ1v) is 5.69. The van der Waals surface area contributed by atoms with Gasteiger partial charge in [0.1, 0.15) is 17.8 Å². The molecule has 4 nitrogen and oxygen atoms in total. The number of hydrazine groups is 1. The van der Waals surface area contributed by atoms with Gasteiger partial charge < -0.3 is 14.2 Å². The third-order valence-corrected chi connectivity index (χ3v) is 2.65. The van der Waals surface area contributed by atoms with Crippen molar-refractivity contribution >= 4 is 17.8 Å². The number of halogens is 1. The highest BCUT2D eigenvalue weighted by atomic mass is 19.1. The van der Waals surface area contributed by atoms with Crippen LogP contribution in [-0.2, 0) is 0 Å². The molecule has 0 aliphatic rings. The fourth-order valence-electron chi connectivity index (χ4n) is 1.77. The van der Waals surface area contributed by atoms with Crippen molar-refractivity contribution in [1.29, 1.82) is 0 Å². The van der Waals surface area contributed by atoms with Crippen LogP contribution < -0.4 is 15.6 Å². The zero-order valence-electron chi connectivity index (χ0n) is 10.8. The third kappa shape index (κ3) is 2.95. The number of furan rings is 1. The van der Waals surface area contributed by atoms with E-state index in [0.29, 0.717) is 11.5 Å². The van der Waals surface area contributed by atoms with E-state index in [9.17, 15) is 4.39 Å². The predicted molar refractivity (Wildman–Crippen MR) is 73.2 cm³/mol. The Bertz CT molecular complexity index is 591. The second-order valence-electron chi connectivity index (χ2n) is 4.00. The molecule has 1 aromatic carbocycles. The number of nitrogens with zero attached hydrogens (tertiary/aromatic N) is 1. The van der Waals surface area contributed by atoms with E-state index in [1.165, 1.54) is 11.1 Å². The number of hydrogen-bond acceptors (Lipinski definition) is 4. The van der Waals surface area contributed by atoms with Crippen molar-refractivity contribution in [3.8, 4) is 5.75 Å². The second kappa shape index (κ2) is 5.58. The van der Waals surface area contributed by atoms with Crippen LogP contribution in [0.3, 0.4) is 0 Å². The Morgan fingerprint density at radius 1 is 1.37 bits per heavy atom. The zero-order valence-corrected chi connectivity index (χ0v) is 10.8. The Balaban J connectivity index is 2.40. The third-order valence-electron chi connectivity index (χ3n) is 2.65. The number of ether oxygens (including phenoxy) is 1. The summed E-state index contributed by atoms with van der Waals surface area (Å²) in [5, 5.41) is 1.49. The van der Waals surface area contributed by atoms with Crippen LogP contribution in [0.15, 0.2) is 34.9 Å². The Hall–Kier alpha value is -2.27. The van der Waals surface area contributed by atoms with E-state index in [0.717, 1.165) is 17.5 Å². The van der Waals surface area contributed by atoms with Crippen molar-refractivity contribution < 1.29 is 13.5 Å². The Morgan fingerprint density at radius 2 is 2.16 bits per heavy atom. The van der Waals surface area contributed by atoms with Gasteiger partial charge in [-0.05, 0) is 24.3 Å². The summed E-state index contributed by atoms with van der Waals surface area (Å²) >= 11 is 0. The van der Waals surface area contributed by atoms with Gasteiger partial charge in [0.25, 0.3) is 0 Å². The first-order valence-electron chi connectivity index (χ1n) is 5.69. The summed E-state index contributed by atoms with van der Waals surface area (Å²) in [6.07, 6.45) is 4.49. The minimum Gasteiger partial charge on any atom is -0.496 e. The molecule has 2 aromatic rings. The van der Waals surface area contributed by atoms with Crippen molar-refractivity contribution in [2.45, 2.75) is 0 Å². The number of methoxy groups -OCH3 is 1. The quantitative estimate of drug-likeness (QED) is 0.680. The highest BCUT2D eigenvalue weighted by Crippen LogP contribution is 2.29. The number of nitrogens with two attached hydrogens (primary N) is 1. The van der Waals surface area contributed by atoms with Crippen LogP contribution in [-0.4, -0.2) is 14.2 Å². The Morgan fingerprint density at radius 3 is 2.74 bits per heavy atom. The normalized spacial score (nSPS) is 10.9. The molecule has 0 spiro atoms. The van der Waals surface area contributed by atoms with Crippen LogP contribution >= 0.6 is 0 Å². The van der Waals surface area contributed by atoms with Crippen LogP contribution in [0.5, 0.6) is 5.75 Å². The molecule has 0 bridgehead atoms. The van der Waals surface area contributed by atoms with Crippen molar-refractivity contribution in [1.82, 2.24) is 0 Å². The highest BCUT2D eigenvalue weighted by Gasteiger charge is 2.08. The van der Waals surface area contributed by atoms with Crippen LogP contribution in [0.4, 0.5) is 10.1 Å². The molecule has 0 fully saturated rings. The van der Waals surface area contributed by atoms with E-state index in [2.05, 4.69) is 0 Å². The molecule has 0 radical (unpaired) electrons. The number of benzene rings is 1. The average molecular weight is 262 g/mol. The SMILES string of the molecule is COc1cccc(N(C)N)c1/C=C/c1cc(F)co1. The van der Waals surface area contributed by atoms with Crippen molar-refractivity contribution in [2.75, 3.05) is 19.2 Å². The lowest BCUT2D eigenvalue weighted by molar-refractivity contribution is 0.414. The summed E-state index contributed by atoms with van der Waals surface area (Å²) in [4.78, 5) is 0. The number of anilines is 1. The zero-order chi connectivity index (χ0) is 13.8. The molecular weight excluding hydrogens is 247 g/mol. The van der Waals surface area contributed by atoms with Crippen molar-refractivity contribution in [3.63, 3.8) is 0 Å².